The maximum Gasteiger partial charge on any atom is 0.309 e. The van der Waals surface area contributed by atoms with E-state index in [0.717, 1.165) is 35.4 Å². The molecule has 3 amide bonds. The van der Waals surface area contributed by atoms with E-state index in [0.29, 0.717) is 0 Å². The van der Waals surface area contributed by atoms with Crippen molar-refractivity contribution in [2.24, 2.45) is 11.7 Å². The largest absolute Gasteiger partial charge is 0.494 e. The Balaban J connectivity index is 1.91. The predicted molar refractivity (Wildman–Crippen MR) is 158 cm³/mol. The van der Waals surface area contributed by atoms with Crippen molar-refractivity contribution >= 4 is 44.9 Å². The third-order valence-corrected chi connectivity index (χ3v) is 8.52. The molecule has 12 nitrogen and oxygen atoms in total. The van der Waals surface area contributed by atoms with Gasteiger partial charge in [-0.25, -0.2) is 17.2 Å². The Kier molecular flexibility index (Phi) is 9.42. The third kappa shape index (κ3) is 7.03. The van der Waals surface area contributed by atoms with Gasteiger partial charge in [0.25, 0.3) is 0 Å². The maximum absolute atomic E-state index is 15.0. The number of aliphatic carboxylic acids is 1. The van der Waals surface area contributed by atoms with E-state index in [1.165, 1.54) is 44.4 Å². The zero-order valence-electron chi connectivity index (χ0n) is 24.3. The number of hydrogen-bond acceptors (Lipinski definition) is 8. The highest BCUT2D eigenvalue weighted by atomic mass is 32.2. The number of nitrogens with two attached hydrogens (primary N) is 1. The Bertz CT molecular complexity index is 1800. The summed E-state index contributed by atoms with van der Waals surface area (Å²) in [6, 6.07) is 7.60. The van der Waals surface area contributed by atoms with Crippen molar-refractivity contribution in [3.63, 3.8) is 0 Å². The van der Waals surface area contributed by atoms with Crippen LogP contribution in [0.15, 0.2) is 59.5 Å². The number of halogens is 2. The summed E-state index contributed by atoms with van der Waals surface area (Å²) in [5.41, 5.74) is 5.14. The average Bonchev–Trinajstić information content (AvgIpc) is 3.41. The third-order valence-electron chi connectivity index (χ3n) is 7.35. The quantitative estimate of drug-likeness (QED) is 0.257. The van der Waals surface area contributed by atoms with Gasteiger partial charge in [-0.15, -0.1) is 0 Å². The first-order chi connectivity index (χ1) is 21.1. The van der Waals surface area contributed by atoms with Crippen LogP contribution in [0.1, 0.15) is 46.9 Å². The van der Waals surface area contributed by atoms with Gasteiger partial charge in [0.2, 0.25) is 17.7 Å². The number of carbonyl (C=O) groups excluding carboxylic acids is 3. The number of carboxylic acid groups (broad SMARTS) is 1. The molecule has 0 spiro atoms. The molecule has 0 aliphatic carbocycles. The number of methoxy groups -OCH3 is 1. The van der Waals surface area contributed by atoms with Gasteiger partial charge < -0.3 is 31.1 Å². The minimum Gasteiger partial charge on any atom is -0.494 e. The number of nitrogens with zero attached hydrogens (tertiary/aromatic N) is 1. The standard InChI is InChI=1S/C30H30F2N4O8S/c1-15(37)34-18-6-9-25(45(3,42)43)20(14-18)27-19(30(40)41)10-11-36(27)29(39)26(16-4-8-22(32)24(13-16)44-2)35-23-12-17(28(33)38)5-7-21(23)31/h4-9,12-14,19,26-27,35H,10-11H2,1-3H3,(H2,33,38)(H,34,37)(H,40,41)/t19-,26-,27-/m1/s1. The summed E-state index contributed by atoms with van der Waals surface area (Å²) in [6.07, 6.45) is 0.842. The van der Waals surface area contributed by atoms with Crippen molar-refractivity contribution in [1.29, 1.82) is 0 Å². The summed E-state index contributed by atoms with van der Waals surface area (Å²) in [5.74, 6) is -6.64. The molecule has 45 heavy (non-hydrogen) atoms. The van der Waals surface area contributed by atoms with E-state index in [4.69, 9.17) is 10.5 Å². The molecule has 3 atom stereocenters. The average molecular weight is 645 g/mol. The van der Waals surface area contributed by atoms with E-state index < -0.39 is 63.2 Å². The first kappa shape index (κ1) is 32.9. The van der Waals surface area contributed by atoms with E-state index in [-0.39, 0.29) is 51.7 Å². The molecule has 3 aromatic rings. The van der Waals surface area contributed by atoms with E-state index in [1.54, 1.807) is 0 Å². The summed E-state index contributed by atoms with van der Waals surface area (Å²) >= 11 is 0. The van der Waals surface area contributed by atoms with Gasteiger partial charge in [-0.3, -0.25) is 19.2 Å². The predicted octanol–water partition coefficient (Wildman–Crippen LogP) is 3.26. The molecule has 0 aromatic heterocycles. The number of hydrogen-bond donors (Lipinski definition) is 4. The minimum absolute atomic E-state index is 0.0562. The van der Waals surface area contributed by atoms with E-state index in [9.17, 15) is 41.5 Å². The number of rotatable bonds is 10. The molecule has 0 bridgehead atoms. The van der Waals surface area contributed by atoms with E-state index in [1.807, 2.05) is 0 Å². The fourth-order valence-corrected chi connectivity index (χ4v) is 6.26. The summed E-state index contributed by atoms with van der Waals surface area (Å²) in [7, 11) is -2.78. The molecule has 5 N–H and O–H groups in total. The molecule has 1 heterocycles. The number of benzene rings is 3. The topological polar surface area (TPSA) is 185 Å². The minimum atomic E-state index is -3.98. The van der Waals surface area contributed by atoms with Crippen LogP contribution in [0.2, 0.25) is 0 Å². The number of ether oxygens (including phenoxy) is 1. The van der Waals surface area contributed by atoms with Gasteiger partial charge in [0, 0.05) is 31.0 Å². The van der Waals surface area contributed by atoms with Crippen LogP contribution in [-0.4, -0.2) is 62.0 Å². The Morgan fingerprint density at radius 1 is 1.04 bits per heavy atom. The van der Waals surface area contributed by atoms with Crippen LogP contribution in [0, 0.1) is 17.6 Å². The zero-order valence-corrected chi connectivity index (χ0v) is 25.2. The Labute approximate surface area is 257 Å². The monoisotopic (exact) mass is 644 g/mol. The molecular formula is C30H30F2N4O8S. The molecule has 3 aromatic carbocycles. The van der Waals surface area contributed by atoms with E-state index in [2.05, 4.69) is 10.6 Å². The molecule has 15 heteroatoms. The maximum atomic E-state index is 15.0. The van der Waals surface area contributed by atoms with Crippen molar-refractivity contribution in [3.05, 3.63) is 82.9 Å². The van der Waals surface area contributed by atoms with Gasteiger partial charge in [0.15, 0.2) is 21.4 Å². The van der Waals surface area contributed by atoms with Crippen LogP contribution in [-0.2, 0) is 24.2 Å². The number of anilines is 2. The molecular weight excluding hydrogens is 614 g/mol. The molecule has 238 valence electrons. The number of likely N-dealkylation sites (tertiary alicyclic amines) is 1. The fraction of sp³-hybridized carbons (Fsp3) is 0.267. The van der Waals surface area contributed by atoms with E-state index >= 15 is 0 Å². The smallest absolute Gasteiger partial charge is 0.309 e. The SMILES string of the molecule is COc1cc([C@@H](Nc2cc(C(N)=O)ccc2F)C(=O)N2CC[C@@H](C(=O)O)[C@@H]2c2cc(NC(C)=O)ccc2S(C)(=O)=O)ccc1F. The van der Waals surface area contributed by atoms with Gasteiger partial charge in [-0.05, 0) is 66.1 Å². The van der Waals surface area contributed by atoms with Gasteiger partial charge in [-0.2, -0.15) is 0 Å². The van der Waals surface area contributed by atoms with Crippen molar-refractivity contribution in [3.8, 4) is 5.75 Å². The number of carboxylic acids is 1. The zero-order chi connectivity index (χ0) is 33.2. The van der Waals surface area contributed by atoms with Crippen molar-refractivity contribution < 1.29 is 46.2 Å². The summed E-state index contributed by atoms with van der Waals surface area (Å²) in [6.45, 7) is 1.07. The van der Waals surface area contributed by atoms with Crippen molar-refractivity contribution in [2.45, 2.75) is 30.3 Å². The lowest BCUT2D eigenvalue weighted by atomic mass is 9.92. The van der Waals surface area contributed by atoms with Crippen molar-refractivity contribution in [2.75, 3.05) is 30.5 Å². The van der Waals surface area contributed by atoms with Crippen molar-refractivity contribution in [1.82, 2.24) is 4.90 Å². The van der Waals surface area contributed by atoms with Crippen LogP contribution in [0.3, 0.4) is 0 Å². The van der Waals surface area contributed by atoms with Gasteiger partial charge >= 0.3 is 5.97 Å². The second kappa shape index (κ2) is 12.9. The lowest BCUT2D eigenvalue weighted by molar-refractivity contribution is -0.143. The highest BCUT2D eigenvalue weighted by Crippen LogP contribution is 2.43. The molecule has 1 aliphatic rings. The second-order valence-electron chi connectivity index (χ2n) is 10.4. The summed E-state index contributed by atoms with van der Waals surface area (Å²) in [4.78, 5) is 51.3. The molecule has 1 aliphatic heterocycles. The molecule has 4 rings (SSSR count). The van der Waals surface area contributed by atoms with Gasteiger partial charge in [-0.1, -0.05) is 6.07 Å². The summed E-state index contributed by atoms with van der Waals surface area (Å²) < 4.78 is 60.1. The number of amides is 3. The normalized spacial score (nSPS) is 17.0. The van der Waals surface area contributed by atoms with Crippen LogP contribution in [0.4, 0.5) is 20.2 Å². The number of primary amides is 1. The molecule has 1 saturated heterocycles. The van der Waals surface area contributed by atoms with Gasteiger partial charge in [0.05, 0.1) is 29.7 Å². The summed E-state index contributed by atoms with van der Waals surface area (Å²) in [5, 5.41) is 15.4. The Hall–Kier alpha value is -5.05. The van der Waals surface area contributed by atoms with Crippen LogP contribution < -0.4 is 21.1 Å². The first-order valence-corrected chi connectivity index (χ1v) is 15.4. The second-order valence-corrected chi connectivity index (χ2v) is 12.4. The molecule has 1 fully saturated rings. The van der Waals surface area contributed by atoms with Crippen LogP contribution >= 0.6 is 0 Å². The Morgan fingerprint density at radius 2 is 1.73 bits per heavy atom. The molecule has 0 saturated carbocycles. The van der Waals surface area contributed by atoms with Crippen LogP contribution in [0.25, 0.3) is 0 Å². The number of sulfone groups is 1. The van der Waals surface area contributed by atoms with Gasteiger partial charge in [0.1, 0.15) is 11.9 Å². The van der Waals surface area contributed by atoms with Crippen LogP contribution in [0.5, 0.6) is 5.75 Å². The molecule has 0 unspecified atom stereocenters. The highest BCUT2D eigenvalue weighted by Gasteiger charge is 2.46. The lowest BCUT2D eigenvalue weighted by Gasteiger charge is -2.32. The Morgan fingerprint density at radius 3 is 2.33 bits per heavy atom. The lowest BCUT2D eigenvalue weighted by Crippen LogP contribution is -2.40. The first-order valence-electron chi connectivity index (χ1n) is 13.5. The fourth-order valence-electron chi connectivity index (χ4n) is 5.34. The highest BCUT2D eigenvalue weighted by molar-refractivity contribution is 7.90. The molecule has 0 radical (unpaired) electrons. The number of nitrogens with one attached hydrogen (secondary N) is 2. The number of carbonyl (C=O) groups is 4.